The SMILES string of the molecule is Cn1[nH]c(C2CCCC2(F)F)nc1=S. The molecule has 1 fully saturated rings. The van der Waals surface area contributed by atoms with Crippen molar-refractivity contribution in [3.63, 3.8) is 0 Å². The number of halogens is 2. The van der Waals surface area contributed by atoms with Crippen LogP contribution in [0.5, 0.6) is 0 Å². The molecular weight excluding hydrogens is 208 g/mol. The number of nitrogens with zero attached hydrogens (tertiary/aromatic N) is 2. The van der Waals surface area contributed by atoms with E-state index in [0.717, 1.165) is 0 Å². The van der Waals surface area contributed by atoms with E-state index in [4.69, 9.17) is 12.2 Å². The fraction of sp³-hybridized carbons (Fsp3) is 0.750. The molecule has 0 radical (unpaired) electrons. The van der Waals surface area contributed by atoms with Crippen LogP contribution in [0, 0.1) is 4.77 Å². The third kappa shape index (κ3) is 1.47. The molecule has 1 saturated carbocycles. The van der Waals surface area contributed by atoms with Gasteiger partial charge in [-0.05, 0) is 25.1 Å². The second-order valence-corrected chi connectivity index (χ2v) is 4.02. The van der Waals surface area contributed by atoms with Gasteiger partial charge in [0.2, 0.25) is 4.77 Å². The predicted octanol–water partition coefficient (Wildman–Crippen LogP) is 2.38. The molecule has 1 atom stereocenters. The first-order valence-electron chi connectivity index (χ1n) is 4.51. The van der Waals surface area contributed by atoms with Crippen molar-refractivity contribution in [2.45, 2.75) is 31.1 Å². The van der Waals surface area contributed by atoms with Gasteiger partial charge in [-0.1, -0.05) is 0 Å². The van der Waals surface area contributed by atoms with Gasteiger partial charge in [0.25, 0.3) is 5.92 Å². The molecular formula is C8H11F2N3S. The molecule has 0 aliphatic heterocycles. The predicted molar refractivity (Wildman–Crippen MR) is 49.9 cm³/mol. The molecule has 0 aromatic carbocycles. The van der Waals surface area contributed by atoms with Crippen molar-refractivity contribution in [1.82, 2.24) is 14.8 Å². The maximum atomic E-state index is 13.3. The molecule has 1 aromatic heterocycles. The fourth-order valence-electron chi connectivity index (χ4n) is 1.84. The van der Waals surface area contributed by atoms with Crippen molar-refractivity contribution in [2.75, 3.05) is 0 Å². The van der Waals surface area contributed by atoms with Crippen LogP contribution in [0.25, 0.3) is 0 Å². The summed E-state index contributed by atoms with van der Waals surface area (Å²) in [6.45, 7) is 0. The zero-order valence-electron chi connectivity index (χ0n) is 7.76. The van der Waals surface area contributed by atoms with E-state index >= 15 is 0 Å². The van der Waals surface area contributed by atoms with Gasteiger partial charge in [-0.3, -0.25) is 9.78 Å². The lowest BCUT2D eigenvalue weighted by molar-refractivity contribution is -0.0113. The average Bonchev–Trinajstić information content (AvgIpc) is 2.56. The van der Waals surface area contributed by atoms with Crippen LogP contribution in [0.15, 0.2) is 0 Å². The first-order chi connectivity index (χ1) is 6.50. The van der Waals surface area contributed by atoms with Crippen LogP contribution in [0.3, 0.4) is 0 Å². The minimum Gasteiger partial charge on any atom is -0.283 e. The normalized spacial score (nSPS) is 25.5. The summed E-state index contributed by atoms with van der Waals surface area (Å²) in [7, 11) is 1.67. The van der Waals surface area contributed by atoms with Gasteiger partial charge in [0.1, 0.15) is 5.82 Å². The number of rotatable bonds is 1. The number of hydrogen-bond acceptors (Lipinski definition) is 2. The second-order valence-electron chi connectivity index (χ2n) is 3.66. The lowest BCUT2D eigenvalue weighted by Crippen LogP contribution is -2.20. The van der Waals surface area contributed by atoms with Crippen molar-refractivity contribution in [3.05, 3.63) is 10.6 Å². The van der Waals surface area contributed by atoms with Crippen molar-refractivity contribution < 1.29 is 8.78 Å². The molecule has 78 valence electrons. The van der Waals surface area contributed by atoms with Crippen LogP contribution >= 0.6 is 12.2 Å². The summed E-state index contributed by atoms with van der Waals surface area (Å²) in [5.41, 5.74) is 0. The Hall–Kier alpha value is -0.780. The summed E-state index contributed by atoms with van der Waals surface area (Å²) < 4.78 is 28.5. The number of alkyl halides is 2. The number of hydrogen-bond donors (Lipinski definition) is 1. The van der Waals surface area contributed by atoms with Gasteiger partial charge in [0.05, 0.1) is 5.92 Å². The Labute approximate surface area is 85.1 Å². The van der Waals surface area contributed by atoms with Gasteiger partial charge in [-0.25, -0.2) is 13.8 Å². The van der Waals surface area contributed by atoms with Gasteiger partial charge >= 0.3 is 0 Å². The maximum absolute atomic E-state index is 13.3. The Morgan fingerprint density at radius 1 is 1.64 bits per heavy atom. The largest absolute Gasteiger partial charge is 0.283 e. The summed E-state index contributed by atoms with van der Waals surface area (Å²) in [6.07, 6.45) is 0.985. The van der Waals surface area contributed by atoms with E-state index in [1.165, 1.54) is 4.68 Å². The fourth-order valence-corrected chi connectivity index (χ4v) is 1.99. The molecule has 2 rings (SSSR count). The molecule has 1 aliphatic carbocycles. The number of H-pyrrole nitrogens is 1. The van der Waals surface area contributed by atoms with E-state index in [-0.39, 0.29) is 6.42 Å². The summed E-state index contributed by atoms with van der Waals surface area (Å²) in [5, 5.41) is 2.76. The number of aryl methyl sites for hydroxylation is 1. The molecule has 1 heterocycles. The molecule has 1 aromatic rings. The van der Waals surface area contributed by atoms with Crippen molar-refractivity contribution in [2.24, 2.45) is 7.05 Å². The highest BCUT2D eigenvalue weighted by atomic mass is 32.1. The monoisotopic (exact) mass is 219 g/mol. The second kappa shape index (κ2) is 3.12. The van der Waals surface area contributed by atoms with Crippen molar-refractivity contribution >= 4 is 12.2 Å². The van der Waals surface area contributed by atoms with Crippen LogP contribution in [0.1, 0.15) is 31.0 Å². The standard InChI is InChI=1S/C8H11F2N3S/c1-13-7(14)11-6(12-13)5-3-2-4-8(5,9)10/h5H,2-4H2,1H3,(H,11,12,14). The Bertz CT molecular complexity index is 396. The van der Waals surface area contributed by atoms with Gasteiger partial charge in [-0.15, -0.1) is 0 Å². The first-order valence-corrected chi connectivity index (χ1v) is 4.92. The van der Waals surface area contributed by atoms with E-state index in [2.05, 4.69) is 10.1 Å². The Balaban J connectivity index is 2.35. The lowest BCUT2D eigenvalue weighted by atomic mass is 10.1. The molecule has 0 amide bonds. The number of aromatic amines is 1. The van der Waals surface area contributed by atoms with Gasteiger partial charge in [0, 0.05) is 13.5 Å². The average molecular weight is 219 g/mol. The van der Waals surface area contributed by atoms with Crippen molar-refractivity contribution in [1.29, 1.82) is 0 Å². The molecule has 3 nitrogen and oxygen atoms in total. The van der Waals surface area contributed by atoms with Crippen LogP contribution in [-0.4, -0.2) is 20.7 Å². The Morgan fingerprint density at radius 2 is 2.36 bits per heavy atom. The Morgan fingerprint density at radius 3 is 2.79 bits per heavy atom. The van der Waals surface area contributed by atoms with Gasteiger partial charge in [-0.2, -0.15) is 0 Å². The highest BCUT2D eigenvalue weighted by Crippen LogP contribution is 2.45. The molecule has 0 saturated heterocycles. The maximum Gasteiger partial charge on any atom is 0.257 e. The minimum absolute atomic E-state index is 0.0468. The lowest BCUT2D eigenvalue weighted by Gasteiger charge is -2.15. The molecule has 0 spiro atoms. The van der Waals surface area contributed by atoms with Gasteiger partial charge < -0.3 is 0 Å². The smallest absolute Gasteiger partial charge is 0.257 e. The number of nitrogens with one attached hydrogen (secondary N) is 1. The van der Waals surface area contributed by atoms with E-state index in [0.29, 0.717) is 23.4 Å². The van der Waals surface area contributed by atoms with Crippen LogP contribution in [0.2, 0.25) is 0 Å². The third-order valence-electron chi connectivity index (χ3n) is 2.63. The van der Waals surface area contributed by atoms with Crippen molar-refractivity contribution in [3.8, 4) is 0 Å². The van der Waals surface area contributed by atoms with E-state index in [1.54, 1.807) is 7.05 Å². The summed E-state index contributed by atoms with van der Waals surface area (Å²) >= 11 is 4.86. The highest BCUT2D eigenvalue weighted by Gasteiger charge is 2.46. The molecule has 1 aliphatic rings. The summed E-state index contributed by atoms with van der Waals surface area (Å²) in [4.78, 5) is 3.93. The third-order valence-corrected chi connectivity index (χ3v) is 2.99. The zero-order valence-corrected chi connectivity index (χ0v) is 8.57. The van der Waals surface area contributed by atoms with Crippen LogP contribution in [0.4, 0.5) is 8.78 Å². The van der Waals surface area contributed by atoms with E-state index < -0.39 is 11.8 Å². The topological polar surface area (TPSA) is 33.6 Å². The van der Waals surface area contributed by atoms with Crippen LogP contribution < -0.4 is 0 Å². The molecule has 1 unspecified atom stereocenters. The molecule has 14 heavy (non-hydrogen) atoms. The zero-order chi connectivity index (χ0) is 10.3. The Kier molecular flexibility index (Phi) is 2.17. The number of aromatic nitrogens is 3. The summed E-state index contributed by atoms with van der Waals surface area (Å²) in [6, 6.07) is 0. The quantitative estimate of drug-likeness (QED) is 0.736. The summed E-state index contributed by atoms with van der Waals surface area (Å²) in [5.74, 6) is -3.10. The van der Waals surface area contributed by atoms with E-state index in [1.807, 2.05) is 0 Å². The highest BCUT2D eigenvalue weighted by molar-refractivity contribution is 7.71. The molecule has 6 heteroatoms. The first kappa shape index (κ1) is 9.76. The van der Waals surface area contributed by atoms with Gasteiger partial charge in [0.15, 0.2) is 0 Å². The molecule has 0 bridgehead atoms. The minimum atomic E-state index is -2.63. The van der Waals surface area contributed by atoms with E-state index in [9.17, 15) is 8.78 Å². The molecule has 1 N–H and O–H groups in total. The van der Waals surface area contributed by atoms with Crippen LogP contribution in [-0.2, 0) is 7.05 Å².